The molecule has 2 heterocycles. The number of hydrogen-bond acceptors (Lipinski definition) is 9. The SMILES string of the molecule is C=CCOC(=O)c1sc(N2C(=O)C(=O)C(=C(O)c3ccc(OCc4cccc(C)c4)cc3)C2c2cccc(Oc3ccccc3)c2)nc1C. The van der Waals surface area contributed by atoms with E-state index in [0.29, 0.717) is 40.7 Å². The van der Waals surface area contributed by atoms with Crippen LogP contribution in [0.1, 0.15) is 43.7 Å². The van der Waals surface area contributed by atoms with Crippen LogP contribution in [0.3, 0.4) is 0 Å². The number of carbonyl (C=O) groups excluding carboxylic acids is 3. The summed E-state index contributed by atoms with van der Waals surface area (Å²) in [6.45, 7) is 7.55. The molecule has 0 radical (unpaired) electrons. The molecule has 1 aromatic heterocycles. The van der Waals surface area contributed by atoms with E-state index in [4.69, 9.17) is 14.2 Å². The van der Waals surface area contributed by atoms with E-state index in [0.717, 1.165) is 22.5 Å². The second-order valence-electron chi connectivity index (χ2n) is 11.3. The van der Waals surface area contributed by atoms with Crippen LogP contribution < -0.4 is 14.4 Å². The van der Waals surface area contributed by atoms with Crippen LogP contribution in [-0.2, 0) is 20.9 Å². The second kappa shape index (κ2) is 14.4. The van der Waals surface area contributed by atoms with E-state index < -0.39 is 23.7 Å². The van der Waals surface area contributed by atoms with Crippen LogP contribution in [0.5, 0.6) is 17.2 Å². The van der Waals surface area contributed by atoms with Crippen LogP contribution in [0.2, 0.25) is 0 Å². The molecule has 9 nitrogen and oxygen atoms in total. The van der Waals surface area contributed by atoms with Gasteiger partial charge in [-0.25, -0.2) is 9.78 Å². The molecule has 1 saturated heterocycles. The van der Waals surface area contributed by atoms with Gasteiger partial charge < -0.3 is 19.3 Å². The monoisotopic (exact) mass is 672 g/mol. The summed E-state index contributed by atoms with van der Waals surface area (Å²) in [6, 6.07) is 29.6. The molecule has 246 valence electrons. The fraction of sp³-hybridized carbons (Fsp3) is 0.128. The van der Waals surface area contributed by atoms with Crippen molar-refractivity contribution in [3.05, 3.63) is 154 Å². The Morgan fingerprint density at radius 1 is 0.918 bits per heavy atom. The molecule has 0 saturated carbocycles. The number of benzene rings is 4. The van der Waals surface area contributed by atoms with Crippen LogP contribution in [0.25, 0.3) is 5.76 Å². The third-order valence-electron chi connectivity index (χ3n) is 7.72. The van der Waals surface area contributed by atoms with Crippen molar-refractivity contribution in [1.29, 1.82) is 0 Å². The van der Waals surface area contributed by atoms with Gasteiger partial charge in [0.1, 0.15) is 41.1 Å². The number of amides is 1. The number of hydrogen-bond donors (Lipinski definition) is 1. The van der Waals surface area contributed by atoms with Gasteiger partial charge in [0, 0.05) is 5.56 Å². The molecule has 0 bridgehead atoms. The lowest BCUT2D eigenvalue weighted by atomic mass is 9.95. The summed E-state index contributed by atoms with van der Waals surface area (Å²) < 4.78 is 17.2. The van der Waals surface area contributed by atoms with Gasteiger partial charge in [0.05, 0.1) is 17.3 Å². The molecule has 0 aliphatic carbocycles. The standard InChI is InChI=1S/C39H32N2O7S/c1-4-20-46-38(45)36-25(3)40-39(49-36)41-33(28-12-9-15-31(22-28)48-30-13-6-5-7-14-30)32(35(43)37(41)44)34(42)27-16-18-29(19-17-27)47-23-26-11-8-10-24(2)21-26/h4-19,21-22,33,42H,1,20,23H2,2-3H3. The van der Waals surface area contributed by atoms with E-state index >= 15 is 0 Å². The zero-order valence-electron chi connectivity index (χ0n) is 26.8. The number of aromatic nitrogens is 1. The van der Waals surface area contributed by atoms with Gasteiger partial charge in [0.15, 0.2) is 5.13 Å². The van der Waals surface area contributed by atoms with Gasteiger partial charge >= 0.3 is 11.9 Å². The molecule has 6 rings (SSSR count). The zero-order chi connectivity index (χ0) is 34.5. The highest BCUT2D eigenvalue weighted by molar-refractivity contribution is 7.17. The number of aliphatic hydroxyl groups excluding tert-OH is 1. The first-order valence-electron chi connectivity index (χ1n) is 15.4. The number of esters is 1. The Bertz CT molecular complexity index is 2070. The summed E-state index contributed by atoms with van der Waals surface area (Å²) in [5, 5.41) is 11.8. The van der Waals surface area contributed by atoms with Crippen molar-refractivity contribution < 1.29 is 33.7 Å². The van der Waals surface area contributed by atoms with E-state index in [2.05, 4.69) is 11.6 Å². The Morgan fingerprint density at radius 3 is 2.39 bits per heavy atom. The number of carbonyl (C=O) groups is 3. The highest BCUT2D eigenvalue weighted by Crippen LogP contribution is 2.45. The number of rotatable bonds is 11. The van der Waals surface area contributed by atoms with Gasteiger partial charge in [-0.1, -0.05) is 84.2 Å². The van der Waals surface area contributed by atoms with Crippen molar-refractivity contribution >= 4 is 39.9 Å². The maximum Gasteiger partial charge on any atom is 0.350 e. The second-order valence-corrected chi connectivity index (χ2v) is 12.2. The highest BCUT2D eigenvalue weighted by Gasteiger charge is 2.48. The predicted octanol–water partition coefficient (Wildman–Crippen LogP) is 8.10. The van der Waals surface area contributed by atoms with Crippen molar-refractivity contribution in [3.63, 3.8) is 0 Å². The normalized spacial score (nSPS) is 15.2. The van der Waals surface area contributed by atoms with E-state index in [1.54, 1.807) is 67.6 Å². The molecule has 1 aliphatic rings. The van der Waals surface area contributed by atoms with Gasteiger partial charge in [0.25, 0.3) is 5.78 Å². The molecule has 10 heteroatoms. The number of ether oxygens (including phenoxy) is 3. The molecule has 49 heavy (non-hydrogen) atoms. The molecule has 1 amide bonds. The van der Waals surface area contributed by atoms with Crippen LogP contribution in [0.4, 0.5) is 5.13 Å². The van der Waals surface area contributed by atoms with E-state index in [1.165, 1.54) is 11.0 Å². The molecule has 1 fully saturated rings. The average molecular weight is 673 g/mol. The smallest absolute Gasteiger partial charge is 0.350 e. The van der Waals surface area contributed by atoms with Gasteiger partial charge in [-0.3, -0.25) is 14.5 Å². The van der Waals surface area contributed by atoms with Crippen LogP contribution in [0, 0.1) is 13.8 Å². The average Bonchev–Trinajstić information content (AvgIpc) is 3.62. The lowest BCUT2D eigenvalue weighted by molar-refractivity contribution is -0.132. The number of thiazole rings is 1. The molecule has 5 aromatic rings. The van der Waals surface area contributed by atoms with Crippen LogP contribution in [0.15, 0.2) is 121 Å². The summed E-state index contributed by atoms with van der Waals surface area (Å²) >= 11 is 0.923. The van der Waals surface area contributed by atoms with Crippen molar-refractivity contribution in [2.24, 2.45) is 0 Å². The summed E-state index contributed by atoms with van der Waals surface area (Å²) in [4.78, 5) is 46.2. The number of aryl methyl sites for hydroxylation is 2. The first-order chi connectivity index (χ1) is 23.7. The first-order valence-corrected chi connectivity index (χ1v) is 16.2. The topological polar surface area (TPSA) is 115 Å². The number of nitrogens with zero attached hydrogens (tertiary/aromatic N) is 2. The summed E-state index contributed by atoms with van der Waals surface area (Å²) in [7, 11) is 0. The summed E-state index contributed by atoms with van der Waals surface area (Å²) in [5.41, 5.74) is 3.12. The van der Waals surface area contributed by atoms with Crippen molar-refractivity contribution in [1.82, 2.24) is 4.98 Å². The number of Topliss-reactive ketones (excluding diaryl/α,β-unsaturated/α-hetero) is 1. The predicted molar refractivity (Wildman–Crippen MR) is 187 cm³/mol. The van der Waals surface area contributed by atoms with Crippen molar-refractivity contribution in [2.45, 2.75) is 26.5 Å². The highest BCUT2D eigenvalue weighted by atomic mass is 32.1. The van der Waals surface area contributed by atoms with Gasteiger partial charge in [-0.15, -0.1) is 0 Å². The lowest BCUT2D eigenvalue weighted by Gasteiger charge is -2.23. The molecule has 0 spiro atoms. The van der Waals surface area contributed by atoms with Gasteiger partial charge in [0.2, 0.25) is 0 Å². The molecule has 4 aromatic carbocycles. The van der Waals surface area contributed by atoms with Gasteiger partial charge in [-0.05, 0) is 73.5 Å². The fourth-order valence-corrected chi connectivity index (χ4v) is 6.41. The van der Waals surface area contributed by atoms with E-state index in [9.17, 15) is 19.5 Å². The number of aliphatic hydroxyl groups is 1. The maximum atomic E-state index is 13.8. The quantitative estimate of drug-likeness (QED) is 0.0492. The fourth-order valence-electron chi connectivity index (χ4n) is 5.43. The number of para-hydroxylation sites is 1. The Hall–Kier alpha value is -6.00. The minimum Gasteiger partial charge on any atom is -0.507 e. The number of anilines is 1. The summed E-state index contributed by atoms with van der Waals surface area (Å²) in [6.07, 6.45) is 1.45. The molecule has 1 atom stereocenters. The van der Waals surface area contributed by atoms with E-state index in [-0.39, 0.29) is 27.9 Å². The zero-order valence-corrected chi connectivity index (χ0v) is 27.6. The first kappa shape index (κ1) is 32.9. The van der Waals surface area contributed by atoms with Gasteiger partial charge in [-0.2, -0.15) is 0 Å². The maximum absolute atomic E-state index is 13.8. The summed E-state index contributed by atoms with van der Waals surface area (Å²) in [5.74, 6) is -1.19. The molecular formula is C39H32N2O7S. The minimum absolute atomic E-state index is 0.0000166. The number of ketones is 1. The van der Waals surface area contributed by atoms with Crippen LogP contribution >= 0.6 is 11.3 Å². The Balaban J connectivity index is 1.39. The Labute approximate surface area is 287 Å². The molecule has 1 aliphatic heterocycles. The molecule has 1 N–H and O–H groups in total. The van der Waals surface area contributed by atoms with Crippen molar-refractivity contribution in [3.8, 4) is 17.2 Å². The van der Waals surface area contributed by atoms with Crippen molar-refractivity contribution in [2.75, 3.05) is 11.5 Å². The molecule has 1 unspecified atom stereocenters. The third-order valence-corrected chi connectivity index (χ3v) is 8.86. The Kier molecular flexibility index (Phi) is 9.68. The minimum atomic E-state index is -1.10. The lowest BCUT2D eigenvalue weighted by Crippen LogP contribution is -2.29. The molecular weight excluding hydrogens is 641 g/mol. The van der Waals surface area contributed by atoms with E-state index in [1.807, 2.05) is 49.4 Å². The largest absolute Gasteiger partial charge is 0.507 e. The third kappa shape index (κ3) is 7.14. The van der Waals surface area contributed by atoms with Crippen LogP contribution in [-0.4, -0.2) is 34.4 Å². The Morgan fingerprint density at radius 2 is 1.65 bits per heavy atom.